The molecule has 1 aromatic heterocycles. The van der Waals surface area contributed by atoms with E-state index in [0.29, 0.717) is 10.4 Å². The van der Waals surface area contributed by atoms with Gasteiger partial charge >= 0.3 is 0 Å². The van der Waals surface area contributed by atoms with Crippen LogP contribution in [0.25, 0.3) is 0 Å². The third-order valence-corrected chi connectivity index (χ3v) is 3.99. The maximum atomic E-state index is 12.6. The van der Waals surface area contributed by atoms with Gasteiger partial charge in [0, 0.05) is 5.56 Å². The topological polar surface area (TPSA) is 49.4 Å². The van der Waals surface area contributed by atoms with E-state index in [1.54, 1.807) is 18.2 Å². The van der Waals surface area contributed by atoms with Crippen molar-refractivity contribution < 1.29 is 9.59 Å². The van der Waals surface area contributed by atoms with Gasteiger partial charge in [0.1, 0.15) is 0 Å². The third kappa shape index (κ3) is 3.74. The summed E-state index contributed by atoms with van der Waals surface area (Å²) >= 11 is 1.36. The Bertz CT molecular complexity index is 655. The SMILES string of the molecule is Cc1ccc(C(=O)NN(C(=O)c2cccs2)C(C)(C)C)cc1. The van der Waals surface area contributed by atoms with E-state index in [9.17, 15) is 9.59 Å². The summed E-state index contributed by atoms with van der Waals surface area (Å²) in [4.78, 5) is 25.6. The zero-order chi connectivity index (χ0) is 16.3. The van der Waals surface area contributed by atoms with Crippen molar-refractivity contribution in [1.82, 2.24) is 10.4 Å². The summed E-state index contributed by atoms with van der Waals surface area (Å²) in [6, 6.07) is 10.8. The van der Waals surface area contributed by atoms with Crippen molar-refractivity contribution in [2.24, 2.45) is 0 Å². The van der Waals surface area contributed by atoms with Gasteiger partial charge < -0.3 is 0 Å². The minimum atomic E-state index is -0.526. The number of hydrogen-bond donors (Lipinski definition) is 1. The van der Waals surface area contributed by atoms with Crippen LogP contribution in [0.2, 0.25) is 0 Å². The molecule has 0 radical (unpaired) electrons. The van der Waals surface area contributed by atoms with Crippen LogP contribution in [0.5, 0.6) is 0 Å². The van der Waals surface area contributed by atoms with Crippen LogP contribution in [0.15, 0.2) is 41.8 Å². The summed E-state index contributed by atoms with van der Waals surface area (Å²) in [6.45, 7) is 7.61. The van der Waals surface area contributed by atoms with E-state index in [0.717, 1.165) is 5.56 Å². The summed E-state index contributed by atoms with van der Waals surface area (Å²) in [7, 11) is 0. The van der Waals surface area contributed by atoms with Crippen LogP contribution in [-0.2, 0) is 0 Å². The van der Waals surface area contributed by atoms with Crippen molar-refractivity contribution >= 4 is 23.2 Å². The number of nitrogens with zero attached hydrogens (tertiary/aromatic N) is 1. The molecule has 0 saturated heterocycles. The monoisotopic (exact) mass is 316 g/mol. The van der Waals surface area contributed by atoms with Gasteiger partial charge in [-0.15, -0.1) is 11.3 Å². The maximum absolute atomic E-state index is 12.6. The number of amides is 2. The summed E-state index contributed by atoms with van der Waals surface area (Å²) in [5, 5.41) is 3.23. The Morgan fingerprint density at radius 2 is 1.73 bits per heavy atom. The van der Waals surface area contributed by atoms with Gasteiger partial charge in [-0.25, -0.2) is 5.01 Å². The highest BCUT2D eigenvalue weighted by Gasteiger charge is 2.30. The smallest absolute Gasteiger partial charge is 0.267 e. The Hall–Kier alpha value is -2.14. The summed E-state index contributed by atoms with van der Waals surface area (Å²) in [6.07, 6.45) is 0. The molecule has 0 unspecified atom stereocenters. The van der Waals surface area contributed by atoms with Gasteiger partial charge in [-0.1, -0.05) is 23.8 Å². The average Bonchev–Trinajstić information content (AvgIpc) is 2.97. The highest BCUT2D eigenvalue weighted by atomic mass is 32.1. The van der Waals surface area contributed by atoms with Crippen LogP contribution in [-0.4, -0.2) is 22.4 Å². The van der Waals surface area contributed by atoms with Crippen molar-refractivity contribution in [3.8, 4) is 0 Å². The molecular formula is C17H20N2O2S. The molecule has 2 aromatic rings. The van der Waals surface area contributed by atoms with E-state index in [-0.39, 0.29) is 11.8 Å². The summed E-state index contributed by atoms with van der Waals surface area (Å²) in [5.41, 5.74) is 3.81. The Morgan fingerprint density at radius 1 is 1.09 bits per heavy atom. The number of benzene rings is 1. The molecule has 0 fully saturated rings. The first-order chi connectivity index (χ1) is 10.3. The Balaban J connectivity index is 2.22. The molecule has 1 heterocycles. The van der Waals surface area contributed by atoms with E-state index >= 15 is 0 Å². The van der Waals surface area contributed by atoms with Crippen LogP contribution >= 0.6 is 11.3 Å². The molecule has 0 aliphatic heterocycles. The van der Waals surface area contributed by atoms with Gasteiger partial charge in [0.15, 0.2) is 0 Å². The number of hydrazine groups is 1. The fourth-order valence-corrected chi connectivity index (χ4v) is 2.56. The molecule has 2 amide bonds. The second-order valence-electron chi connectivity index (χ2n) is 6.10. The molecule has 0 bridgehead atoms. The number of carbonyl (C=O) groups excluding carboxylic acids is 2. The fraction of sp³-hybridized carbons (Fsp3) is 0.294. The quantitative estimate of drug-likeness (QED) is 0.860. The van der Waals surface area contributed by atoms with Crippen molar-refractivity contribution in [2.75, 3.05) is 0 Å². The van der Waals surface area contributed by atoms with Crippen LogP contribution in [0.4, 0.5) is 0 Å². The van der Waals surface area contributed by atoms with Gasteiger partial charge in [0.05, 0.1) is 10.4 Å². The van der Waals surface area contributed by atoms with E-state index in [1.165, 1.54) is 16.3 Å². The lowest BCUT2D eigenvalue weighted by Gasteiger charge is -2.35. The molecule has 22 heavy (non-hydrogen) atoms. The average molecular weight is 316 g/mol. The van der Waals surface area contributed by atoms with E-state index in [2.05, 4.69) is 5.43 Å². The zero-order valence-corrected chi connectivity index (χ0v) is 14.0. The molecule has 0 aliphatic carbocycles. The molecule has 4 nitrogen and oxygen atoms in total. The third-order valence-electron chi connectivity index (χ3n) is 3.13. The number of thiophene rings is 1. The minimum Gasteiger partial charge on any atom is -0.267 e. The first-order valence-corrected chi connectivity index (χ1v) is 7.93. The molecule has 1 N–H and O–H groups in total. The predicted molar refractivity (Wildman–Crippen MR) is 88.9 cm³/mol. The number of hydrogen-bond acceptors (Lipinski definition) is 3. The standard InChI is InChI=1S/C17H20N2O2S/c1-12-7-9-13(10-8-12)15(20)18-19(17(2,3)4)16(21)14-6-5-11-22-14/h5-11H,1-4H3,(H,18,20). The molecule has 2 rings (SSSR count). The van der Waals surface area contributed by atoms with E-state index < -0.39 is 5.54 Å². The fourth-order valence-electron chi connectivity index (χ4n) is 1.90. The minimum absolute atomic E-state index is 0.206. The number of aryl methyl sites for hydroxylation is 1. The largest absolute Gasteiger partial charge is 0.282 e. The highest BCUT2D eigenvalue weighted by Crippen LogP contribution is 2.18. The van der Waals surface area contributed by atoms with Crippen LogP contribution < -0.4 is 5.43 Å². The molecule has 0 spiro atoms. The number of rotatable bonds is 2. The first kappa shape index (κ1) is 16.2. The maximum Gasteiger partial charge on any atom is 0.282 e. The lowest BCUT2D eigenvalue weighted by atomic mass is 10.1. The van der Waals surface area contributed by atoms with Gasteiger partial charge in [-0.3, -0.25) is 15.0 Å². The molecule has 0 atom stereocenters. The second kappa shape index (κ2) is 6.32. The summed E-state index contributed by atoms with van der Waals surface area (Å²) < 4.78 is 0. The number of carbonyl (C=O) groups is 2. The van der Waals surface area contributed by atoms with Gasteiger partial charge in [0.2, 0.25) is 0 Å². The lowest BCUT2D eigenvalue weighted by molar-refractivity contribution is 0.0363. The van der Waals surface area contributed by atoms with Crippen molar-refractivity contribution in [1.29, 1.82) is 0 Å². The highest BCUT2D eigenvalue weighted by molar-refractivity contribution is 7.12. The van der Waals surface area contributed by atoms with Crippen LogP contribution in [0.1, 0.15) is 46.4 Å². The molecular weight excluding hydrogens is 296 g/mol. The van der Waals surface area contributed by atoms with Gasteiger partial charge in [-0.05, 0) is 51.3 Å². The normalized spacial score (nSPS) is 11.1. The molecule has 116 valence electrons. The van der Waals surface area contributed by atoms with Crippen molar-refractivity contribution in [3.05, 3.63) is 57.8 Å². The zero-order valence-electron chi connectivity index (χ0n) is 13.2. The van der Waals surface area contributed by atoms with Crippen LogP contribution in [0, 0.1) is 6.92 Å². The molecule has 0 aliphatic rings. The van der Waals surface area contributed by atoms with E-state index in [4.69, 9.17) is 0 Å². The Kier molecular flexibility index (Phi) is 4.66. The molecule has 5 heteroatoms. The first-order valence-electron chi connectivity index (χ1n) is 7.05. The lowest BCUT2D eigenvalue weighted by Crippen LogP contribution is -2.55. The Morgan fingerprint density at radius 3 is 2.23 bits per heavy atom. The molecule has 0 saturated carbocycles. The second-order valence-corrected chi connectivity index (χ2v) is 7.04. The summed E-state index contributed by atoms with van der Waals surface area (Å²) in [5.74, 6) is -0.497. The van der Waals surface area contributed by atoms with E-state index in [1.807, 2.05) is 51.3 Å². The predicted octanol–water partition coefficient (Wildman–Crippen LogP) is 3.64. The number of nitrogens with one attached hydrogen (secondary N) is 1. The van der Waals surface area contributed by atoms with Gasteiger partial charge in [0.25, 0.3) is 11.8 Å². The van der Waals surface area contributed by atoms with Crippen LogP contribution in [0.3, 0.4) is 0 Å². The van der Waals surface area contributed by atoms with Crippen molar-refractivity contribution in [2.45, 2.75) is 33.2 Å². The Labute approximate surface area is 134 Å². The van der Waals surface area contributed by atoms with Gasteiger partial charge in [-0.2, -0.15) is 0 Å². The van der Waals surface area contributed by atoms with Crippen molar-refractivity contribution in [3.63, 3.8) is 0 Å². The molecule has 1 aromatic carbocycles.